The van der Waals surface area contributed by atoms with Crippen LogP contribution in [-0.2, 0) is 10.9 Å². The minimum absolute atomic E-state index is 0.0610. The van der Waals surface area contributed by atoms with Crippen LogP contribution in [0.4, 0.5) is 34.8 Å². The first-order valence-electron chi connectivity index (χ1n) is 13.3. The first-order chi connectivity index (χ1) is 20.7. The van der Waals surface area contributed by atoms with Gasteiger partial charge in [-0.05, 0) is 73.9 Å². The number of aromatic nitrogens is 5. The Labute approximate surface area is 241 Å². The lowest BCUT2D eigenvalue weighted by molar-refractivity contribution is -0.137. The third-order valence-corrected chi connectivity index (χ3v) is 6.97. The molecule has 4 heterocycles. The molecule has 2 N–H and O–H groups in total. The van der Waals surface area contributed by atoms with Gasteiger partial charge in [-0.2, -0.15) is 13.2 Å². The van der Waals surface area contributed by atoms with Gasteiger partial charge in [0.2, 0.25) is 0 Å². The highest BCUT2D eigenvalue weighted by Gasteiger charge is 2.30. The van der Waals surface area contributed by atoms with Crippen molar-refractivity contribution in [1.29, 1.82) is 0 Å². The first kappa shape index (κ1) is 28.0. The van der Waals surface area contributed by atoms with E-state index >= 15 is 4.39 Å². The minimum atomic E-state index is -4.53. The molecule has 0 bridgehead atoms. The lowest BCUT2D eigenvalue weighted by atomic mass is 10.2. The second-order valence-corrected chi connectivity index (χ2v) is 9.78. The summed E-state index contributed by atoms with van der Waals surface area (Å²) < 4.78 is 62.5. The normalized spacial score (nSPS) is 15.4. The van der Waals surface area contributed by atoms with Crippen LogP contribution in [0.25, 0.3) is 16.9 Å². The number of hydrogen-bond donors (Lipinski definition) is 2. The van der Waals surface area contributed by atoms with E-state index in [2.05, 4.69) is 25.6 Å². The number of nitrogens with one attached hydrogen (secondary N) is 2. The average molecular weight is 594 g/mol. The van der Waals surface area contributed by atoms with Crippen LogP contribution < -0.4 is 16.2 Å². The van der Waals surface area contributed by atoms with Crippen LogP contribution in [0.3, 0.4) is 0 Å². The fraction of sp³-hybridized carbons (Fsp3) is 0.207. The van der Waals surface area contributed by atoms with Gasteiger partial charge in [0.1, 0.15) is 23.9 Å². The van der Waals surface area contributed by atoms with Crippen LogP contribution in [0.2, 0.25) is 0 Å². The number of halogens is 4. The zero-order chi connectivity index (χ0) is 30.1. The summed E-state index contributed by atoms with van der Waals surface area (Å²) in [5.74, 6) is -1.25. The van der Waals surface area contributed by atoms with Crippen LogP contribution in [-0.4, -0.2) is 36.6 Å². The summed E-state index contributed by atoms with van der Waals surface area (Å²) in [7, 11) is 0. The van der Waals surface area contributed by atoms with E-state index in [-0.39, 0.29) is 34.7 Å². The van der Waals surface area contributed by atoms with Gasteiger partial charge < -0.3 is 15.4 Å². The molecule has 1 unspecified atom stereocenters. The fourth-order valence-corrected chi connectivity index (χ4v) is 4.80. The summed E-state index contributed by atoms with van der Waals surface area (Å²) in [5, 5.41) is 5.40. The van der Waals surface area contributed by atoms with Gasteiger partial charge in [0.25, 0.3) is 11.5 Å². The van der Waals surface area contributed by atoms with E-state index in [9.17, 15) is 22.8 Å². The van der Waals surface area contributed by atoms with Crippen molar-refractivity contribution >= 4 is 34.3 Å². The van der Waals surface area contributed by atoms with Crippen molar-refractivity contribution in [1.82, 2.24) is 24.1 Å². The molecule has 0 aliphatic carbocycles. The molecule has 1 saturated heterocycles. The van der Waals surface area contributed by atoms with E-state index < -0.39 is 29.0 Å². The molecular formula is C29H23F4N7O3. The van der Waals surface area contributed by atoms with Crippen LogP contribution >= 0.6 is 0 Å². The van der Waals surface area contributed by atoms with E-state index in [0.29, 0.717) is 17.8 Å². The Morgan fingerprint density at radius 3 is 2.56 bits per heavy atom. The number of rotatable bonds is 6. The van der Waals surface area contributed by atoms with Gasteiger partial charge in [-0.25, -0.2) is 19.3 Å². The fourth-order valence-electron chi connectivity index (χ4n) is 4.80. The maximum absolute atomic E-state index is 15.1. The molecule has 1 aliphatic heterocycles. The summed E-state index contributed by atoms with van der Waals surface area (Å²) in [4.78, 5) is 38.8. The number of imidazole rings is 1. The molecule has 14 heteroatoms. The zero-order valence-electron chi connectivity index (χ0n) is 22.3. The first-order valence-corrected chi connectivity index (χ1v) is 13.3. The van der Waals surface area contributed by atoms with Crippen molar-refractivity contribution in [2.45, 2.75) is 31.7 Å². The van der Waals surface area contributed by atoms with Crippen molar-refractivity contribution in [2.75, 3.05) is 17.2 Å². The lowest BCUT2D eigenvalue weighted by Crippen LogP contribution is -2.27. The molecular weight excluding hydrogens is 570 g/mol. The number of amides is 1. The van der Waals surface area contributed by atoms with E-state index in [4.69, 9.17) is 4.74 Å². The number of carbonyl (C=O) groups excluding carboxylic acids is 1. The SMILES string of the molecule is O=C(Nc1ccc(Nc2ncnc3c2ncn3C2CCCCO2)c(F)c1)c1cccn(-c2ccc(C(F)(F)F)cc2)c1=O. The van der Waals surface area contributed by atoms with Crippen molar-refractivity contribution in [3.05, 3.63) is 101 Å². The average Bonchev–Trinajstić information content (AvgIpc) is 3.44. The summed E-state index contributed by atoms with van der Waals surface area (Å²) >= 11 is 0. The molecule has 1 amide bonds. The number of hydrogen-bond acceptors (Lipinski definition) is 7. The van der Waals surface area contributed by atoms with Gasteiger partial charge in [0.05, 0.1) is 17.6 Å². The van der Waals surface area contributed by atoms with Gasteiger partial charge in [-0.15, -0.1) is 0 Å². The largest absolute Gasteiger partial charge is 0.416 e. The van der Waals surface area contributed by atoms with Gasteiger partial charge in [-0.1, -0.05) is 0 Å². The number of nitrogens with zero attached hydrogens (tertiary/aromatic N) is 5. The van der Waals surface area contributed by atoms with Crippen LogP contribution in [0, 0.1) is 5.82 Å². The van der Waals surface area contributed by atoms with E-state index in [1.807, 2.05) is 4.57 Å². The molecule has 6 rings (SSSR count). The maximum atomic E-state index is 15.1. The van der Waals surface area contributed by atoms with Gasteiger partial charge in [0, 0.05) is 24.2 Å². The Kier molecular flexibility index (Phi) is 7.36. The highest BCUT2D eigenvalue weighted by molar-refractivity contribution is 6.04. The molecule has 0 saturated carbocycles. The number of ether oxygens (including phenoxy) is 1. The van der Waals surface area contributed by atoms with Gasteiger partial charge in [0.15, 0.2) is 17.0 Å². The smallest absolute Gasteiger partial charge is 0.358 e. The number of carbonyl (C=O) groups is 1. The Hall–Kier alpha value is -5.11. The molecule has 2 aromatic carbocycles. The van der Waals surface area contributed by atoms with Crippen molar-refractivity contribution in [3.8, 4) is 5.69 Å². The standard InChI is InChI=1S/C29H23F4N7O3/c30-21-14-18(37-27(41)20-4-3-12-39(28(20)42)19-9-6-17(7-10-19)29(31,32)33)8-11-22(21)38-25-24-26(35-15-34-25)40(16-36-24)23-5-1-2-13-43-23/h3-4,6-12,14-16,23H,1-2,5,13H2,(H,37,41)(H,34,35,38). The van der Waals surface area contributed by atoms with Crippen LogP contribution in [0.15, 0.2) is 78.2 Å². The molecule has 10 nitrogen and oxygen atoms in total. The topological polar surface area (TPSA) is 116 Å². The monoisotopic (exact) mass is 593 g/mol. The summed E-state index contributed by atoms with van der Waals surface area (Å²) in [6.45, 7) is 0.647. The maximum Gasteiger partial charge on any atom is 0.416 e. The molecule has 220 valence electrons. The molecule has 5 aromatic rings. The highest BCUT2D eigenvalue weighted by Crippen LogP contribution is 2.31. The third kappa shape index (κ3) is 5.68. The van der Waals surface area contributed by atoms with Gasteiger partial charge in [-0.3, -0.25) is 18.7 Å². The molecule has 1 atom stereocenters. The number of benzene rings is 2. The highest BCUT2D eigenvalue weighted by atomic mass is 19.4. The Morgan fingerprint density at radius 2 is 1.84 bits per heavy atom. The molecule has 0 radical (unpaired) electrons. The Bertz CT molecular complexity index is 1860. The van der Waals surface area contributed by atoms with E-state index in [1.54, 1.807) is 6.33 Å². The summed E-state index contributed by atoms with van der Waals surface area (Å²) in [6, 6.07) is 10.5. The lowest BCUT2D eigenvalue weighted by Gasteiger charge is -2.23. The quantitative estimate of drug-likeness (QED) is 0.238. The molecule has 43 heavy (non-hydrogen) atoms. The predicted octanol–water partition coefficient (Wildman–Crippen LogP) is 5.83. The van der Waals surface area contributed by atoms with Crippen molar-refractivity contribution in [2.24, 2.45) is 0 Å². The summed E-state index contributed by atoms with van der Waals surface area (Å²) in [5.41, 5.74) is -0.666. The van der Waals surface area contributed by atoms with Crippen LogP contribution in [0.5, 0.6) is 0 Å². The molecule has 3 aromatic heterocycles. The minimum Gasteiger partial charge on any atom is -0.358 e. The number of fused-ring (bicyclic) bond motifs is 1. The van der Waals surface area contributed by atoms with Crippen molar-refractivity contribution < 1.29 is 27.1 Å². The Morgan fingerprint density at radius 1 is 1.02 bits per heavy atom. The third-order valence-electron chi connectivity index (χ3n) is 6.97. The Balaban J connectivity index is 1.19. The number of alkyl halides is 3. The summed E-state index contributed by atoms with van der Waals surface area (Å²) in [6.07, 6.45) is 2.41. The molecule has 0 spiro atoms. The van der Waals surface area contributed by atoms with Crippen molar-refractivity contribution in [3.63, 3.8) is 0 Å². The molecule has 1 fully saturated rings. The molecule has 1 aliphatic rings. The zero-order valence-corrected chi connectivity index (χ0v) is 22.3. The second-order valence-electron chi connectivity index (χ2n) is 9.78. The van der Waals surface area contributed by atoms with E-state index in [0.717, 1.165) is 54.2 Å². The number of anilines is 3. The van der Waals surface area contributed by atoms with Crippen LogP contribution in [0.1, 0.15) is 41.4 Å². The van der Waals surface area contributed by atoms with Gasteiger partial charge >= 0.3 is 6.18 Å². The second kappa shape index (κ2) is 11.3. The predicted molar refractivity (Wildman–Crippen MR) is 149 cm³/mol. The van der Waals surface area contributed by atoms with E-state index in [1.165, 1.54) is 36.8 Å². The number of pyridine rings is 1.